The monoisotopic (exact) mass is 251 g/mol. The summed E-state index contributed by atoms with van der Waals surface area (Å²) in [5.74, 6) is 0. The highest BCUT2D eigenvalue weighted by atomic mass is 14.9. The van der Waals surface area contributed by atoms with Gasteiger partial charge in [-0.25, -0.2) is 0 Å². The Morgan fingerprint density at radius 1 is 1.21 bits per heavy atom. The Bertz CT molecular complexity index is 585. The standard InChI is InChI=1S/C16H17N3/c1-12(13-5-3-2-4-6-13)19-15-7-8-16(18)14(11-15)9-10-17/h2-8,11-12,19H,9,18H2,1H3. The lowest BCUT2D eigenvalue weighted by atomic mass is 10.1. The molecule has 1 unspecified atom stereocenters. The molecule has 2 aromatic rings. The predicted molar refractivity (Wildman–Crippen MR) is 78.7 cm³/mol. The lowest BCUT2D eigenvalue weighted by molar-refractivity contribution is 0.884. The fourth-order valence-electron chi connectivity index (χ4n) is 2.01. The molecule has 0 saturated carbocycles. The summed E-state index contributed by atoms with van der Waals surface area (Å²) in [5, 5.41) is 12.2. The van der Waals surface area contributed by atoms with Crippen molar-refractivity contribution in [2.45, 2.75) is 19.4 Å². The van der Waals surface area contributed by atoms with Crippen molar-refractivity contribution in [3.05, 3.63) is 59.7 Å². The maximum Gasteiger partial charge on any atom is 0.0670 e. The zero-order valence-electron chi connectivity index (χ0n) is 10.9. The van der Waals surface area contributed by atoms with Gasteiger partial charge in [0.25, 0.3) is 0 Å². The van der Waals surface area contributed by atoms with Crippen LogP contribution in [0.4, 0.5) is 11.4 Å². The van der Waals surface area contributed by atoms with Gasteiger partial charge in [0.2, 0.25) is 0 Å². The van der Waals surface area contributed by atoms with Gasteiger partial charge < -0.3 is 11.1 Å². The van der Waals surface area contributed by atoms with Gasteiger partial charge in [-0.15, -0.1) is 0 Å². The second-order valence-electron chi connectivity index (χ2n) is 4.53. The normalized spacial score (nSPS) is 11.6. The molecular weight excluding hydrogens is 234 g/mol. The molecule has 0 fully saturated rings. The molecule has 0 aliphatic carbocycles. The van der Waals surface area contributed by atoms with Gasteiger partial charge in [-0.05, 0) is 36.2 Å². The molecule has 3 nitrogen and oxygen atoms in total. The molecule has 96 valence electrons. The average Bonchev–Trinajstić information content (AvgIpc) is 2.44. The van der Waals surface area contributed by atoms with E-state index in [1.807, 2.05) is 36.4 Å². The summed E-state index contributed by atoms with van der Waals surface area (Å²) in [6.07, 6.45) is 0.334. The molecule has 2 aromatic carbocycles. The van der Waals surface area contributed by atoms with E-state index in [4.69, 9.17) is 11.0 Å². The molecule has 19 heavy (non-hydrogen) atoms. The van der Waals surface area contributed by atoms with Crippen LogP contribution < -0.4 is 11.1 Å². The molecule has 0 aliphatic heterocycles. The summed E-state index contributed by atoms with van der Waals surface area (Å²) < 4.78 is 0. The minimum atomic E-state index is 0.208. The van der Waals surface area contributed by atoms with E-state index in [0.717, 1.165) is 11.3 Å². The van der Waals surface area contributed by atoms with Crippen molar-refractivity contribution in [3.8, 4) is 6.07 Å². The molecule has 0 aliphatic rings. The van der Waals surface area contributed by atoms with E-state index in [0.29, 0.717) is 12.1 Å². The van der Waals surface area contributed by atoms with Gasteiger partial charge in [0.15, 0.2) is 0 Å². The molecule has 0 heterocycles. The summed E-state index contributed by atoms with van der Waals surface area (Å²) in [4.78, 5) is 0. The third-order valence-corrected chi connectivity index (χ3v) is 3.10. The lowest BCUT2D eigenvalue weighted by Crippen LogP contribution is -2.07. The SMILES string of the molecule is CC(Nc1ccc(N)c(CC#N)c1)c1ccccc1. The third kappa shape index (κ3) is 3.26. The predicted octanol–water partition coefficient (Wildman–Crippen LogP) is 3.51. The topological polar surface area (TPSA) is 61.8 Å². The third-order valence-electron chi connectivity index (χ3n) is 3.10. The first-order valence-corrected chi connectivity index (χ1v) is 6.27. The molecule has 0 bridgehead atoms. The van der Waals surface area contributed by atoms with Crippen molar-refractivity contribution < 1.29 is 0 Å². The van der Waals surface area contributed by atoms with Gasteiger partial charge in [0.1, 0.15) is 0 Å². The summed E-state index contributed by atoms with van der Waals surface area (Å²) >= 11 is 0. The van der Waals surface area contributed by atoms with Crippen LogP contribution in [0.25, 0.3) is 0 Å². The van der Waals surface area contributed by atoms with Crippen LogP contribution in [0.2, 0.25) is 0 Å². The van der Waals surface area contributed by atoms with Crippen molar-refractivity contribution in [3.63, 3.8) is 0 Å². The Morgan fingerprint density at radius 2 is 1.95 bits per heavy atom. The maximum atomic E-state index is 8.77. The van der Waals surface area contributed by atoms with Crippen LogP contribution in [-0.4, -0.2) is 0 Å². The Hall–Kier alpha value is -2.47. The summed E-state index contributed by atoms with van der Waals surface area (Å²) in [6, 6.07) is 18.3. The van der Waals surface area contributed by atoms with E-state index in [-0.39, 0.29) is 6.04 Å². The highest BCUT2D eigenvalue weighted by molar-refractivity contribution is 5.58. The smallest absolute Gasteiger partial charge is 0.0670 e. The minimum absolute atomic E-state index is 0.208. The highest BCUT2D eigenvalue weighted by Gasteiger charge is 2.06. The summed E-state index contributed by atoms with van der Waals surface area (Å²) in [5.41, 5.74) is 9.58. The molecule has 0 radical (unpaired) electrons. The van der Waals surface area contributed by atoms with E-state index < -0.39 is 0 Å². The quantitative estimate of drug-likeness (QED) is 0.817. The van der Waals surface area contributed by atoms with E-state index in [1.165, 1.54) is 5.56 Å². The number of hydrogen-bond acceptors (Lipinski definition) is 3. The Labute approximate surface area is 113 Å². The molecule has 2 rings (SSSR count). The van der Waals surface area contributed by atoms with Crippen molar-refractivity contribution >= 4 is 11.4 Å². The molecule has 0 spiro atoms. The van der Waals surface area contributed by atoms with Gasteiger partial charge in [-0.1, -0.05) is 30.3 Å². The molecule has 3 N–H and O–H groups in total. The van der Waals surface area contributed by atoms with Crippen LogP contribution >= 0.6 is 0 Å². The number of nitrogen functional groups attached to an aromatic ring is 1. The molecule has 0 aromatic heterocycles. The van der Waals surface area contributed by atoms with Crippen LogP contribution in [-0.2, 0) is 6.42 Å². The lowest BCUT2D eigenvalue weighted by Gasteiger charge is -2.16. The number of nitrogens with zero attached hydrogens (tertiary/aromatic N) is 1. The molecule has 1 atom stereocenters. The van der Waals surface area contributed by atoms with Gasteiger partial charge in [-0.3, -0.25) is 0 Å². The second kappa shape index (κ2) is 5.92. The first-order valence-electron chi connectivity index (χ1n) is 6.27. The first-order chi connectivity index (χ1) is 9.20. The Kier molecular flexibility index (Phi) is 4.04. The average molecular weight is 251 g/mol. The zero-order chi connectivity index (χ0) is 13.7. The molecular formula is C16H17N3. The number of anilines is 2. The van der Waals surface area contributed by atoms with Crippen LogP contribution in [0.3, 0.4) is 0 Å². The van der Waals surface area contributed by atoms with Crippen LogP contribution in [0.5, 0.6) is 0 Å². The van der Waals surface area contributed by atoms with Gasteiger partial charge >= 0.3 is 0 Å². The Morgan fingerprint density at radius 3 is 2.63 bits per heavy atom. The number of benzene rings is 2. The number of nitrogens with two attached hydrogens (primary N) is 1. The first kappa shape index (κ1) is 13.0. The maximum absolute atomic E-state index is 8.77. The highest BCUT2D eigenvalue weighted by Crippen LogP contribution is 2.23. The van der Waals surface area contributed by atoms with Crippen LogP contribution in [0.1, 0.15) is 24.1 Å². The fraction of sp³-hybridized carbons (Fsp3) is 0.188. The van der Waals surface area contributed by atoms with Crippen LogP contribution in [0, 0.1) is 11.3 Å². The van der Waals surface area contributed by atoms with Gasteiger partial charge in [0, 0.05) is 17.4 Å². The summed E-state index contributed by atoms with van der Waals surface area (Å²) in [6.45, 7) is 2.11. The minimum Gasteiger partial charge on any atom is -0.398 e. The number of rotatable bonds is 4. The number of nitrogens with one attached hydrogen (secondary N) is 1. The molecule has 3 heteroatoms. The fourth-order valence-corrected chi connectivity index (χ4v) is 2.01. The number of hydrogen-bond donors (Lipinski definition) is 2. The van der Waals surface area contributed by atoms with E-state index in [1.54, 1.807) is 0 Å². The summed E-state index contributed by atoms with van der Waals surface area (Å²) in [7, 11) is 0. The van der Waals surface area contributed by atoms with E-state index in [9.17, 15) is 0 Å². The number of nitriles is 1. The molecule has 0 saturated heterocycles. The van der Waals surface area contributed by atoms with Crippen molar-refractivity contribution in [2.24, 2.45) is 0 Å². The Balaban J connectivity index is 2.15. The van der Waals surface area contributed by atoms with E-state index >= 15 is 0 Å². The van der Waals surface area contributed by atoms with E-state index in [2.05, 4.69) is 30.4 Å². The van der Waals surface area contributed by atoms with Gasteiger partial charge in [0.05, 0.1) is 12.5 Å². The zero-order valence-corrected chi connectivity index (χ0v) is 10.9. The van der Waals surface area contributed by atoms with Gasteiger partial charge in [-0.2, -0.15) is 5.26 Å². The molecule has 0 amide bonds. The van der Waals surface area contributed by atoms with Crippen molar-refractivity contribution in [1.82, 2.24) is 0 Å². The largest absolute Gasteiger partial charge is 0.398 e. The van der Waals surface area contributed by atoms with Crippen molar-refractivity contribution in [1.29, 1.82) is 5.26 Å². The van der Waals surface area contributed by atoms with Crippen molar-refractivity contribution in [2.75, 3.05) is 11.1 Å². The van der Waals surface area contributed by atoms with Crippen LogP contribution in [0.15, 0.2) is 48.5 Å². The second-order valence-corrected chi connectivity index (χ2v) is 4.53.